The van der Waals surface area contributed by atoms with E-state index in [2.05, 4.69) is 4.98 Å². The van der Waals surface area contributed by atoms with Crippen LogP contribution >= 0.6 is 0 Å². The molecule has 2 rings (SSSR count). The number of nitrogen functional groups attached to an aromatic ring is 1. The number of hydrogen-bond acceptors (Lipinski definition) is 2. The third-order valence-corrected chi connectivity index (χ3v) is 1.98. The van der Waals surface area contributed by atoms with Crippen molar-refractivity contribution in [2.45, 2.75) is 0 Å². The molecule has 0 fully saturated rings. The quantitative estimate of drug-likeness (QED) is 0.625. The van der Waals surface area contributed by atoms with Gasteiger partial charge in [-0.05, 0) is 6.07 Å². The van der Waals surface area contributed by atoms with Crippen LogP contribution in [0.3, 0.4) is 0 Å². The van der Waals surface area contributed by atoms with Gasteiger partial charge in [-0.3, -0.25) is 4.79 Å². The summed E-state index contributed by atoms with van der Waals surface area (Å²) in [5.74, 6) is -1.86. The maximum Gasteiger partial charge on any atom is 0.189 e. The van der Waals surface area contributed by atoms with E-state index in [1.165, 1.54) is 12.3 Å². The van der Waals surface area contributed by atoms with Crippen LogP contribution < -0.4 is 11.2 Å². The van der Waals surface area contributed by atoms with Crippen molar-refractivity contribution in [2.75, 3.05) is 5.73 Å². The second-order valence-electron chi connectivity index (χ2n) is 2.85. The van der Waals surface area contributed by atoms with Gasteiger partial charge >= 0.3 is 0 Å². The van der Waals surface area contributed by atoms with E-state index in [0.29, 0.717) is 0 Å². The van der Waals surface area contributed by atoms with Crippen molar-refractivity contribution < 1.29 is 8.78 Å². The molecule has 3 N–H and O–H groups in total. The summed E-state index contributed by atoms with van der Waals surface area (Å²) in [4.78, 5) is 13.7. The molecular weight excluding hydrogens is 190 g/mol. The summed E-state index contributed by atoms with van der Waals surface area (Å²) < 4.78 is 26.3. The molecule has 0 unspecified atom stereocenters. The van der Waals surface area contributed by atoms with Gasteiger partial charge in [0, 0.05) is 12.3 Å². The first-order valence-corrected chi connectivity index (χ1v) is 3.86. The number of aromatic amines is 1. The average Bonchev–Trinajstić information content (AvgIpc) is 2.17. The fourth-order valence-corrected chi connectivity index (χ4v) is 1.26. The molecule has 1 aromatic carbocycles. The van der Waals surface area contributed by atoms with E-state index >= 15 is 0 Å². The lowest BCUT2D eigenvalue weighted by molar-refractivity contribution is 0.598. The highest BCUT2D eigenvalue weighted by atomic mass is 19.1. The number of fused-ring (bicyclic) bond motifs is 1. The molecule has 0 spiro atoms. The van der Waals surface area contributed by atoms with Gasteiger partial charge in [0.25, 0.3) is 0 Å². The first kappa shape index (κ1) is 8.68. The summed E-state index contributed by atoms with van der Waals surface area (Å²) in [5, 5.41) is -0.0447. The molecule has 0 saturated heterocycles. The minimum atomic E-state index is -0.933. The summed E-state index contributed by atoms with van der Waals surface area (Å²) in [6.45, 7) is 0. The Labute approximate surface area is 77.2 Å². The molecule has 0 aliphatic heterocycles. The van der Waals surface area contributed by atoms with Crippen molar-refractivity contribution in [1.82, 2.24) is 4.98 Å². The Balaban J connectivity index is 3.06. The molecule has 0 aliphatic carbocycles. The largest absolute Gasteiger partial charge is 0.394 e. The predicted molar refractivity (Wildman–Crippen MR) is 48.9 cm³/mol. The number of pyridine rings is 1. The minimum Gasteiger partial charge on any atom is -0.394 e. The Kier molecular flexibility index (Phi) is 1.73. The molecule has 0 amide bonds. The third kappa shape index (κ3) is 1.06. The monoisotopic (exact) mass is 196 g/mol. The molecular formula is C9H6F2N2O. The van der Waals surface area contributed by atoms with E-state index < -0.39 is 22.8 Å². The number of aromatic nitrogens is 1. The average molecular weight is 196 g/mol. The Morgan fingerprint density at radius 3 is 2.79 bits per heavy atom. The zero-order chi connectivity index (χ0) is 10.3. The highest BCUT2D eigenvalue weighted by Crippen LogP contribution is 2.21. The van der Waals surface area contributed by atoms with Crippen LogP contribution in [0.15, 0.2) is 23.1 Å². The van der Waals surface area contributed by atoms with E-state index in [-0.39, 0.29) is 10.9 Å². The third-order valence-electron chi connectivity index (χ3n) is 1.98. The Bertz CT molecular complexity index is 562. The first-order chi connectivity index (χ1) is 6.61. The van der Waals surface area contributed by atoms with Gasteiger partial charge in [-0.25, -0.2) is 8.78 Å². The lowest BCUT2D eigenvalue weighted by atomic mass is 10.2. The molecule has 0 aliphatic rings. The Hall–Kier alpha value is -1.91. The van der Waals surface area contributed by atoms with Crippen molar-refractivity contribution >= 4 is 16.6 Å². The number of anilines is 1. The molecule has 0 atom stereocenters. The summed E-state index contributed by atoms with van der Waals surface area (Å²) in [7, 11) is 0. The zero-order valence-corrected chi connectivity index (χ0v) is 6.97. The predicted octanol–water partition coefficient (Wildman–Crippen LogP) is 1.39. The first-order valence-electron chi connectivity index (χ1n) is 3.86. The van der Waals surface area contributed by atoms with Crippen LogP contribution in [0.4, 0.5) is 14.5 Å². The standard InChI is InChI=1S/C9H6F2N2O/c10-5-3-4-6(14)1-2-13-9(4)7(11)8(5)12/h1-3H,12H2,(H,13,14). The normalized spacial score (nSPS) is 10.7. The topological polar surface area (TPSA) is 58.9 Å². The van der Waals surface area contributed by atoms with Crippen LogP contribution in [0, 0.1) is 11.6 Å². The molecule has 2 aromatic rings. The van der Waals surface area contributed by atoms with Gasteiger partial charge in [-0.15, -0.1) is 0 Å². The number of benzene rings is 1. The van der Waals surface area contributed by atoms with Gasteiger partial charge in [0.1, 0.15) is 11.5 Å². The van der Waals surface area contributed by atoms with Crippen LogP contribution in [-0.2, 0) is 0 Å². The van der Waals surface area contributed by atoms with Gasteiger partial charge in [0.05, 0.1) is 10.9 Å². The summed E-state index contributed by atoms with van der Waals surface area (Å²) in [6, 6.07) is 2.12. The molecule has 3 nitrogen and oxygen atoms in total. The number of rotatable bonds is 0. The van der Waals surface area contributed by atoms with Crippen molar-refractivity contribution in [2.24, 2.45) is 0 Å². The van der Waals surface area contributed by atoms with Gasteiger partial charge < -0.3 is 10.7 Å². The second kappa shape index (κ2) is 2.80. The van der Waals surface area contributed by atoms with Crippen LogP contribution in [0.25, 0.3) is 10.9 Å². The molecule has 72 valence electrons. The van der Waals surface area contributed by atoms with Crippen molar-refractivity contribution in [1.29, 1.82) is 0 Å². The summed E-state index contributed by atoms with van der Waals surface area (Å²) >= 11 is 0. The molecule has 0 bridgehead atoms. The van der Waals surface area contributed by atoms with Crippen LogP contribution in [0.1, 0.15) is 0 Å². The van der Waals surface area contributed by atoms with Crippen molar-refractivity contribution in [3.63, 3.8) is 0 Å². The fraction of sp³-hybridized carbons (Fsp3) is 0. The van der Waals surface area contributed by atoms with Gasteiger partial charge in [0.2, 0.25) is 0 Å². The van der Waals surface area contributed by atoms with Crippen molar-refractivity contribution in [3.05, 3.63) is 40.2 Å². The van der Waals surface area contributed by atoms with Crippen molar-refractivity contribution in [3.8, 4) is 0 Å². The van der Waals surface area contributed by atoms with E-state index in [9.17, 15) is 13.6 Å². The minimum absolute atomic E-state index is 0.0447. The maximum absolute atomic E-state index is 13.3. The lowest BCUT2D eigenvalue weighted by Gasteiger charge is -2.02. The molecule has 0 saturated carbocycles. The van der Waals surface area contributed by atoms with E-state index in [0.717, 1.165) is 6.07 Å². The van der Waals surface area contributed by atoms with Gasteiger partial charge in [-0.1, -0.05) is 0 Å². The van der Waals surface area contributed by atoms with Gasteiger partial charge in [0.15, 0.2) is 11.2 Å². The number of hydrogen-bond donors (Lipinski definition) is 2. The smallest absolute Gasteiger partial charge is 0.189 e. The SMILES string of the molecule is Nc1c(F)cc2c(=O)cc[nH]c2c1F. The highest BCUT2D eigenvalue weighted by molar-refractivity contribution is 5.82. The number of H-pyrrole nitrogens is 1. The number of nitrogens with one attached hydrogen (secondary N) is 1. The van der Waals surface area contributed by atoms with Crippen LogP contribution in [-0.4, -0.2) is 4.98 Å². The van der Waals surface area contributed by atoms with E-state index in [4.69, 9.17) is 5.73 Å². The number of nitrogens with two attached hydrogens (primary N) is 1. The van der Waals surface area contributed by atoms with Crippen LogP contribution in [0.2, 0.25) is 0 Å². The lowest BCUT2D eigenvalue weighted by Crippen LogP contribution is -2.05. The number of halogens is 2. The molecule has 1 aromatic heterocycles. The molecule has 0 radical (unpaired) electrons. The fourth-order valence-electron chi connectivity index (χ4n) is 1.26. The second-order valence-corrected chi connectivity index (χ2v) is 2.85. The summed E-state index contributed by atoms with van der Waals surface area (Å²) in [5.41, 5.74) is 4.02. The zero-order valence-electron chi connectivity index (χ0n) is 6.97. The summed E-state index contributed by atoms with van der Waals surface area (Å²) in [6.07, 6.45) is 1.28. The van der Waals surface area contributed by atoms with E-state index in [1.807, 2.05) is 0 Å². The Morgan fingerprint density at radius 2 is 2.07 bits per heavy atom. The molecule has 14 heavy (non-hydrogen) atoms. The van der Waals surface area contributed by atoms with Gasteiger partial charge in [-0.2, -0.15) is 0 Å². The van der Waals surface area contributed by atoms with E-state index in [1.54, 1.807) is 0 Å². The highest BCUT2D eigenvalue weighted by Gasteiger charge is 2.12. The van der Waals surface area contributed by atoms with Crippen LogP contribution in [0.5, 0.6) is 0 Å². The molecule has 5 heteroatoms. The Morgan fingerprint density at radius 1 is 1.36 bits per heavy atom. The molecule has 1 heterocycles. The maximum atomic E-state index is 13.3.